The minimum atomic E-state index is -0.788. The topological polar surface area (TPSA) is 86.2 Å². The lowest BCUT2D eigenvalue weighted by Gasteiger charge is -2.13. The van der Waals surface area contributed by atoms with E-state index in [2.05, 4.69) is 26.5 Å². The summed E-state index contributed by atoms with van der Waals surface area (Å²) >= 11 is 3.41. The van der Waals surface area contributed by atoms with Crippen molar-refractivity contribution in [3.8, 4) is 28.4 Å². The number of nitrogens with one attached hydrogen (secondary N) is 1. The molecule has 4 rings (SSSR count). The summed E-state index contributed by atoms with van der Waals surface area (Å²) in [5, 5.41) is 4.04. The van der Waals surface area contributed by atoms with Gasteiger partial charge >= 0.3 is 5.97 Å². The molecule has 0 bridgehead atoms. The normalized spacial score (nSPS) is 11.6. The van der Waals surface area contributed by atoms with Gasteiger partial charge in [0.15, 0.2) is 6.10 Å². The Balaban J connectivity index is 1.35. The van der Waals surface area contributed by atoms with Gasteiger partial charge in [-0.2, -0.15) is 5.10 Å². The predicted molar refractivity (Wildman–Crippen MR) is 154 cm³/mol. The molecule has 1 N–H and O–H groups in total. The van der Waals surface area contributed by atoms with Crippen molar-refractivity contribution in [2.24, 2.45) is 5.10 Å². The number of hydrazone groups is 1. The molecule has 0 fully saturated rings. The van der Waals surface area contributed by atoms with Crippen LogP contribution < -0.4 is 19.6 Å². The summed E-state index contributed by atoms with van der Waals surface area (Å²) in [4.78, 5) is 25.2. The first kappa shape index (κ1) is 27.6. The van der Waals surface area contributed by atoms with Crippen molar-refractivity contribution in [3.63, 3.8) is 0 Å². The number of hydrogen-bond donors (Lipinski definition) is 1. The summed E-state index contributed by atoms with van der Waals surface area (Å²) in [7, 11) is 0. The van der Waals surface area contributed by atoms with Crippen molar-refractivity contribution in [1.29, 1.82) is 0 Å². The van der Waals surface area contributed by atoms with Gasteiger partial charge in [-0.15, -0.1) is 0 Å². The summed E-state index contributed by atoms with van der Waals surface area (Å²) < 4.78 is 17.5. The maximum atomic E-state index is 12.7. The van der Waals surface area contributed by atoms with Gasteiger partial charge < -0.3 is 14.2 Å². The molecule has 0 unspecified atom stereocenters. The third kappa shape index (κ3) is 7.78. The van der Waals surface area contributed by atoms with E-state index in [0.29, 0.717) is 29.2 Å². The standard InChI is InChI=1S/C31H27BrN2O5/c1-3-37-27-14-11-24(12-15-27)31(36)39-29-18-13-26(32)19-25(29)20-33-34-30(35)21(2)38-28-16-9-23(10-17-28)22-7-5-4-6-8-22/h4-21H,3H2,1-2H3,(H,34,35)/b33-20-/t21-/m0/s1. The molecule has 7 nitrogen and oxygen atoms in total. The zero-order chi connectivity index (χ0) is 27.6. The van der Waals surface area contributed by atoms with Crippen LogP contribution in [0.1, 0.15) is 29.8 Å². The van der Waals surface area contributed by atoms with Crippen LogP contribution in [-0.4, -0.2) is 30.8 Å². The summed E-state index contributed by atoms with van der Waals surface area (Å²) in [5.74, 6) is 0.569. The first-order valence-corrected chi connectivity index (χ1v) is 13.1. The highest BCUT2D eigenvalue weighted by atomic mass is 79.9. The highest BCUT2D eigenvalue weighted by Gasteiger charge is 2.15. The number of rotatable bonds is 10. The lowest BCUT2D eigenvalue weighted by atomic mass is 10.1. The van der Waals surface area contributed by atoms with E-state index in [1.54, 1.807) is 49.4 Å². The molecule has 0 heterocycles. The molecule has 198 valence electrons. The van der Waals surface area contributed by atoms with E-state index < -0.39 is 18.0 Å². The first-order chi connectivity index (χ1) is 18.9. The van der Waals surface area contributed by atoms with Crippen molar-refractivity contribution in [2.75, 3.05) is 6.61 Å². The zero-order valence-electron chi connectivity index (χ0n) is 21.5. The second-order valence-electron chi connectivity index (χ2n) is 8.41. The number of benzene rings is 4. The van der Waals surface area contributed by atoms with E-state index in [1.807, 2.05) is 61.5 Å². The summed E-state index contributed by atoms with van der Waals surface area (Å²) in [5.41, 5.74) is 5.50. The van der Waals surface area contributed by atoms with E-state index in [-0.39, 0.29) is 5.75 Å². The Bertz CT molecular complexity index is 1440. The number of halogens is 1. The molecule has 8 heteroatoms. The molecule has 0 radical (unpaired) electrons. The van der Waals surface area contributed by atoms with Crippen molar-refractivity contribution in [3.05, 3.63) is 113 Å². The Labute approximate surface area is 235 Å². The maximum absolute atomic E-state index is 12.7. The van der Waals surface area contributed by atoms with Crippen LogP contribution in [0.5, 0.6) is 17.2 Å². The summed E-state index contributed by atoms with van der Waals surface area (Å²) in [6.45, 7) is 4.06. The highest BCUT2D eigenvalue weighted by molar-refractivity contribution is 9.10. The van der Waals surface area contributed by atoms with Gasteiger partial charge in [-0.3, -0.25) is 4.79 Å². The van der Waals surface area contributed by atoms with Gasteiger partial charge in [-0.25, -0.2) is 10.2 Å². The Morgan fingerprint density at radius 1 is 0.897 bits per heavy atom. The van der Waals surface area contributed by atoms with Gasteiger partial charge in [-0.05, 0) is 79.6 Å². The van der Waals surface area contributed by atoms with Crippen LogP contribution in [0, 0.1) is 0 Å². The average Bonchev–Trinajstić information content (AvgIpc) is 2.95. The minimum absolute atomic E-state index is 0.290. The quantitative estimate of drug-likeness (QED) is 0.0972. The van der Waals surface area contributed by atoms with Crippen molar-refractivity contribution in [1.82, 2.24) is 5.43 Å². The Hall–Kier alpha value is -4.43. The monoisotopic (exact) mass is 586 g/mol. The molecule has 1 atom stereocenters. The van der Waals surface area contributed by atoms with Crippen molar-refractivity contribution in [2.45, 2.75) is 20.0 Å². The van der Waals surface area contributed by atoms with E-state index in [9.17, 15) is 9.59 Å². The van der Waals surface area contributed by atoms with Crippen molar-refractivity contribution < 1.29 is 23.8 Å². The third-order valence-electron chi connectivity index (χ3n) is 5.60. The molecule has 39 heavy (non-hydrogen) atoms. The molecule has 0 saturated carbocycles. The zero-order valence-corrected chi connectivity index (χ0v) is 23.1. The molecule has 4 aromatic carbocycles. The highest BCUT2D eigenvalue weighted by Crippen LogP contribution is 2.24. The number of hydrogen-bond acceptors (Lipinski definition) is 6. The maximum Gasteiger partial charge on any atom is 0.343 e. The lowest BCUT2D eigenvalue weighted by molar-refractivity contribution is -0.127. The van der Waals surface area contributed by atoms with Gasteiger partial charge in [0.05, 0.1) is 18.4 Å². The van der Waals surface area contributed by atoms with Gasteiger partial charge in [0.2, 0.25) is 0 Å². The smallest absolute Gasteiger partial charge is 0.343 e. The number of esters is 1. The van der Waals surface area contributed by atoms with Crippen LogP contribution >= 0.6 is 15.9 Å². The SMILES string of the molecule is CCOc1ccc(C(=O)Oc2ccc(Br)cc2/C=N\NC(=O)[C@H](C)Oc2ccc(-c3ccccc3)cc2)cc1. The molecule has 0 saturated heterocycles. The van der Waals surface area contributed by atoms with Crippen LogP contribution in [0.25, 0.3) is 11.1 Å². The molecule has 0 aliphatic heterocycles. The molecular formula is C31H27BrN2O5. The van der Waals surface area contributed by atoms with Gasteiger partial charge in [0.25, 0.3) is 5.91 Å². The molecule has 0 aliphatic rings. The largest absolute Gasteiger partial charge is 0.494 e. The Kier molecular flexibility index (Phi) is 9.48. The number of amides is 1. The summed E-state index contributed by atoms with van der Waals surface area (Å²) in [6, 6.07) is 29.3. The first-order valence-electron chi connectivity index (χ1n) is 12.3. The van der Waals surface area contributed by atoms with Crippen LogP contribution in [-0.2, 0) is 4.79 Å². The lowest BCUT2D eigenvalue weighted by Crippen LogP contribution is -2.33. The number of ether oxygens (including phenoxy) is 3. The fourth-order valence-electron chi connectivity index (χ4n) is 3.60. The molecule has 0 spiro atoms. The molecule has 4 aromatic rings. The Morgan fingerprint density at radius 3 is 2.26 bits per heavy atom. The minimum Gasteiger partial charge on any atom is -0.494 e. The molecule has 1 amide bonds. The summed E-state index contributed by atoms with van der Waals surface area (Å²) in [6.07, 6.45) is 0.620. The number of nitrogens with zero attached hydrogens (tertiary/aromatic N) is 1. The molecule has 0 aromatic heterocycles. The fraction of sp³-hybridized carbons (Fsp3) is 0.129. The second kappa shape index (κ2) is 13.4. The van der Waals surface area contributed by atoms with Gasteiger partial charge in [-0.1, -0.05) is 58.4 Å². The van der Waals surface area contributed by atoms with E-state index >= 15 is 0 Å². The molecular weight excluding hydrogens is 560 g/mol. The van der Waals surface area contributed by atoms with E-state index in [0.717, 1.165) is 15.6 Å². The third-order valence-corrected chi connectivity index (χ3v) is 6.09. The number of carbonyl (C=O) groups excluding carboxylic acids is 2. The van der Waals surface area contributed by atoms with E-state index in [1.165, 1.54) is 6.21 Å². The molecule has 0 aliphatic carbocycles. The predicted octanol–water partition coefficient (Wildman–Crippen LogP) is 6.65. The second-order valence-corrected chi connectivity index (χ2v) is 9.33. The fourth-order valence-corrected chi connectivity index (χ4v) is 3.98. The van der Waals surface area contributed by atoms with Gasteiger partial charge in [0, 0.05) is 10.0 Å². The van der Waals surface area contributed by atoms with Crippen molar-refractivity contribution >= 4 is 34.0 Å². The van der Waals surface area contributed by atoms with Crippen LogP contribution in [0.3, 0.4) is 0 Å². The Morgan fingerprint density at radius 2 is 1.56 bits per heavy atom. The van der Waals surface area contributed by atoms with E-state index in [4.69, 9.17) is 14.2 Å². The average molecular weight is 587 g/mol. The van der Waals surface area contributed by atoms with Crippen LogP contribution in [0.4, 0.5) is 0 Å². The number of carbonyl (C=O) groups is 2. The van der Waals surface area contributed by atoms with Crippen LogP contribution in [0.2, 0.25) is 0 Å². The van der Waals surface area contributed by atoms with Crippen LogP contribution in [0.15, 0.2) is 107 Å². The van der Waals surface area contributed by atoms with Gasteiger partial charge in [0.1, 0.15) is 17.2 Å².